The van der Waals surface area contributed by atoms with Crippen molar-refractivity contribution in [2.45, 2.75) is 98.5 Å². The fourth-order valence-corrected chi connectivity index (χ4v) is 6.54. The van der Waals surface area contributed by atoms with Crippen molar-refractivity contribution in [2.24, 2.45) is 5.92 Å². The summed E-state index contributed by atoms with van der Waals surface area (Å²) in [6.45, 7) is 12.3. The number of aliphatic hydroxyl groups is 1. The Bertz CT molecular complexity index is 1600. The molecule has 0 radical (unpaired) electrons. The zero-order chi connectivity index (χ0) is 31.9. The van der Waals surface area contributed by atoms with Crippen LogP contribution in [0.15, 0.2) is 73.1 Å². The van der Waals surface area contributed by atoms with E-state index >= 15 is 0 Å². The summed E-state index contributed by atoms with van der Waals surface area (Å²) in [5, 5.41) is 13.6. The second-order valence-corrected chi connectivity index (χ2v) is 13.2. The second-order valence-electron chi connectivity index (χ2n) is 13.2. The molecule has 1 aliphatic rings. The van der Waals surface area contributed by atoms with Crippen molar-refractivity contribution < 1.29 is 9.90 Å². The van der Waals surface area contributed by atoms with E-state index in [-0.39, 0.29) is 24.5 Å². The molecule has 2 atom stereocenters. The third kappa shape index (κ3) is 8.24. The number of carbonyl (C=O) groups is 1. The van der Waals surface area contributed by atoms with Gasteiger partial charge in [-0.05, 0) is 103 Å². The summed E-state index contributed by atoms with van der Waals surface area (Å²) in [5.74, 6) is 0.358. The first-order chi connectivity index (χ1) is 21.7. The van der Waals surface area contributed by atoms with Crippen LogP contribution < -0.4 is 5.32 Å². The molecule has 0 saturated carbocycles. The number of aromatic nitrogens is 2. The second kappa shape index (κ2) is 14.9. The van der Waals surface area contributed by atoms with Crippen LogP contribution in [-0.2, 0) is 43.9 Å². The lowest BCUT2D eigenvalue weighted by molar-refractivity contribution is -0.122. The standard InChI is InChI=1S/C39H48N4O2/c1-26(2)18-30-11-14-32(15-12-30)29(5)39(45)42-22-31-13-16-34(35(20-31)25-44)23-43(24-36-28(4)19-27(3)21-41-36)37-10-6-8-33-9-7-17-40-38(33)37/h7,9,11-17,19-21,26,29,37,44H,6,8,10,18,22-25H2,1-5H3,(H,42,45). The third-order valence-electron chi connectivity index (χ3n) is 9.08. The molecule has 0 saturated heterocycles. The number of nitrogens with zero attached hydrogens (tertiary/aromatic N) is 3. The fourth-order valence-electron chi connectivity index (χ4n) is 6.54. The minimum atomic E-state index is -0.242. The number of carbonyl (C=O) groups excluding carboxylic acids is 1. The molecule has 2 aromatic heterocycles. The van der Waals surface area contributed by atoms with E-state index in [1.165, 1.54) is 16.7 Å². The van der Waals surface area contributed by atoms with E-state index in [0.29, 0.717) is 25.6 Å². The van der Waals surface area contributed by atoms with Gasteiger partial charge in [0.05, 0.1) is 30.0 Å². The van der Waals surface area contributed by atoms with Gasteiger partial charge in [0.2, 0.25) is 5.91 Å². The van der Waals surface area contributed by atoms with Crippen molar-refractivity contribution in [3.05, 3.63) is 129 Å². The first kappa shape index (κ1) is 32.5. The van der Waals surface area contributed by atoms with Crippen LogP contribution in [0.1, 0.15) is 101 Å². The van der Waals surface area contributed by atoms with E-state index in [1.807, 2.05) is 31.5 Å². The molecule has 1 aliphatic carbocycles. The highest BCUT2D eigenvalue weighted by Crippen LogP contribution is 2.35. The van der Waals surface area contributed by atoms with Crippen LogP contribution in [0.4, 0.5) is 0 Å². The minimum absolute atomic E-state index is 0.00292. The molecule has 0 spiro atoms. The zero-order valence-electron chi connectivity index (χ0n) is 27.5. The minimum Gasteiger partial charge on any atom is -0.392 e. The maximum absolute atomic E-state index is 13.1. The number of hydrogen-bond acceptors (Lipinski definition) is 5. The molecule has 2 N–H and O–H groups in total. The summed E-state index contributed by atoms with van der Waals surface area (Å²) in [5.41, 5.74) is 11.1. The molecule has 0 aliphatic heterocycles. The van der Waals surface area contributed by atoms with Crippen LogP contribution in [0.3, 0.4) is 0 Å². The number of hydrogen-bond donors (Lipinski definition) is 2. The molecule has 1 amide bonds. The number of nitrogens with one attached hydrogen (secondary N) is 1. The highest BCUT2D eigenvalue weighted by molar-refractivity contribution is 5.83. The lowest BCUT2D eigenvalue weighted by Gasteiger charge is -2.35. The number of fused-ring (bicyclic) bond motifs is 1. The van der Waals surface area contributed by atoms with E-state index in [0.717, 1.165) is 64.9 Å². The monoisotopic (exact) mass is 604 g/mol. The van der Waals surface area contributed by atoms with Gasteiger partial charge in [-0.2, -0.15) is 0 Å². The fraction of sp³-hybridized carbons (Fsp3) is 0.410. The van der Waals surface area contributed by atoms with Gasteiger partial charge >= 0.3 is 0 Å². The summed E-state index contributed by atoms with van der Waals surface area (Å²) in [7, 11) is 0. The predicted octanol–water partition coefficient (Wildman–Crippen LogP) is 7.28. The third-order valence-corrected chi connectivity index (χ3v) is 9.08. The van der Waals surface area contributed by atoms with E-state index in [4.69, 9.17) is 9.97 Å². The zero-order valence-corrected chi connectivity index (χ0v) is 27.5. The number of benzene rings is 2. The largest absolute Gasteiger partial charge is 0.392 e. The van der Waals surface area contributed by atoms with Gasteiger partial charge in [-0.15, -0.1) is 0 Å². The van der Waals surface area contributed by atoms with Crippen LogP contribution in [-0.4, -0.2) is 25.9 Å². The number of pyridine rings is 2. The molecule has 2 heterocycles. The van der Waals surface area contributed by atoms with E-state index in [1.54, 1.807) is 0 Å². The normalized spacial score (nSPS) is 15.2. The number of aliphatic hydroxyl groups excluding tert-OH is 1. The highest BCUT2D eigenvalue weighted by Gasteiger charge is 2.28. The SMILES string of the molecule is Cc1cnc(CN(Cc2ccc(CNC(=O)C(C)c3ccc(CC(C)C)cc3)cc2CO)C2CCCc3cccnc32)c(C)c1. The molecular formula is C39H48N4O2. The Kier molecular flexibility index (Phi) is 10.8. The van der Waals surface area contributed by atoms with Crippen molar-refractivity contribution in [3.63, 3.8) is 0 Å². The van der Waals surface area contributed by atoms with Gasteiger partial charge in [0.1, 0.15) is 0 Å². The Morgan fingerprint density at radius 1 is 0.978 bits per heavy atom. The molecule has 0 fully saturated rings. The lowest BCUT2D eigenvalue weighted by atomic mass is 9.90. The van der Waals surface area contributed by atoms with Crippen molar-refractivity contribution in [1.29, 1.82) is 0 Å². The Morgan fingerprint density at radius 2 is 1.76 bits per heavy atom. The van der Waals surface area contributed by atoms with Crippen LogP contribution in [0.2, 0.25) is 0 Å². The Hall–Kier alpha value is -3.87. The van der Waals surface area contributed by atoms with Crippen molar-refractivity contribution in [2.75, 3.05) is 0 Å². The molecular weight excluding hydrogens is 556 g/mol. The Balaban J connectivity index is 1.31. The molecule has 2 aromatic carbocycles. The first-order valence-corrected chi connectivity index (χ1v) is 16.4. The van der Waals surface area contributed by atoms with E-state index in [9.17, 15) is 9.90 Å². The van der Waals surface area contributed by atoms with E-state index < -0.39 is 0 Å². The number of aryl methyl sites for hydroxylation is 3. The molecule has 236 valence electrons. The van der Waals surface area contributed by atoms with Crippen LogP contribution in [0.25, 0.3) is 0 Å². The quantitative estimate of drug-likeness (QED) is 0.178. The Labute approximate surface area is 269 Å². The van der Waals surface area contributed by atoms with Crippen molar-refractivity contribution in [1.82, 2.24) is 20.2 Å². The molecule has 2 unspecified atom stereocenters. The summed E-state index contributed by atoms with van der Waals surface area (Å²) in [6.07, 6.45) is 8.08. The topological polar surface area (TPSA) is 78.4 Å². The average Bonchev–Trinajstić information content (AvgIpc) is 3.04. The van der Waals surface area contributed by atoms with Gasteiger partial charge in [-0.1, -0.05) is 68.4 Å². The lowest BCUT2D eigenvalue weighted by Crippen LogP contribution is -2.32. The molecule has 6 nitrogen and oxygen atoms in total. The van der Waals surface area contributed by atoms with Gasteiger partial charge in [0, 0.05) is 32.0 Å². The molecule has 5 rings (SSSR count). The highest BCUT2D eigenvalue weighted by atomic mass is 16.3. The van der Waals surface area contributed by atoms with Crippen molar-refractivity contribution in [3.8, 4) is 0 Å². The van der Waals surface area contributed by atoms with Gasteiger partial charge in [0.25, 0.3) is 0 Å². The van der Waals surface area contributed by atoms with Gasteiger partial charge in [0.15, 0.2) is 0 Å². The molecule has 45 heavy (non-hydrogen) atoms. The van der Waals surface area contributed by atoms with Gasteiger partial charge < -0.3 is 10.4 Å². The number of rotatable bonds is 12. The average molecular weight is 605 g/mol. The smallest absolute Gasteiger partial charge is 0.227 e. The number of amides is 1. The molecule has 6 heteroatoms. The molecule has 0 bridgehead atoms. The summed E-state index contributed by atoms with van der Waals surface area (Å²) < 4.78 is 0. The summed E-state index contributed by atoms with van der Waals surface area (Å²) in [6, 6.07) is 21.2. The predicted molar refractivity (Wildman–Crippen MR) is 180 cm³/mol. The van der Waals surface area contributed by atoms with Crippen molar-refractivity contribution >= 4 is 5.91 Å². The maximum atomic E-state index is 13.1. The van der Waals surface area contributed by atoms with Crippen LogP contribution in [0, 0.1) is 19.8 Å². The van der Waals surface area contributed by atoms with Gasteiger partial charge in [-0.3, -0.25) is 19.7 Å². The maximum Gasteiger partial charge on any atom is 0.227 e. The van der Waals surface area contributed by atoms with E-state index in [2.05, 4.69) is 86.4 Å². The van der Waals surface area contributed by atoms with Gasteiger partial charge in [-0.25, -0.2) is 0 Å². The summed E-state index contributed by atoms with van der Waals surface area (Å²) >= 11 is 0. The van der Waals surface area contributed by atoms with Crippen LogP contribution in [0.5, 0.6) is 0 Å². The van der Waals surface area contributed by atoms with Crippen LogP contribution >= 0.6 is 0 Å². The summed E-state index contributed by atoms with van der Waals surface area (Å²) in [4.78, 5) is 25.2. The Morgan fingerprint density at radius 3 is 2.49 bits per heavy atom. The molecule has 4 aromatic rings. The first-order valence-electron chi connectivity index (χ1n) is 16.4.